The lowest BCUT2D eigenvalue weighted by Gasteiger charge is -2.32. The van der Waals surface area contributed by atoms with E-state index in [1.54, 1.807) is 0 Å². The van der Waals surface area contributed by atoms with Gasteiger partial charge in [0.05, 0.1) is 6.07 Å². The molecule has 0 saturated carbocycles. The van der Waals surface area contributed by atoms with E-state index in [1.807, 2.05) is 6.92 Å². The van der Waals surface area contributed by atoms with Gasteiger partial charge in [0.2, 0.25) is 0 Å². The van der Waals surface area contributed by atoms with Crippen LogP contribution in [0.15, 0.2) is 0 Å². The van der Waals surface area contributed by atoms with E-state index in [2.05, 4.69) is 30.3 Å². The van der Waals surface area contributed by atoms with E-state index in [-0.39, 0.29) is 5.54 Å². The molecule has 1 aliphatic heterocycles. The molecule has 0 amide bonds. The molecular weight excluding hydrogens is 238 g/mol. The number of hydrogen-bond acceptors (Lipinski definition) is 4. The molecule has 0 aromatic carbocycles. The molecule has 0 bridgehead atoms. The van der Waals surface area contributed by atoms with Crippen molar-refractivity contribution in [2.75, 3.05) is 33.4 Å². The van der Waals surface area contributed by atoms with Crippen molar-refractivity contribution in [3.05, 3.63) is 0 Å². The fourth-order valence-corrected chi connectivity index (χ4v) is 2.58. The summed E-state index contributed by atoms with van der Waals surface area (Å²) in [6.07, 6.45) is 5.32. The van der Waals surface area contributed by atoms with E-state index in [0.717, 1.165) is 58.4 Å². The van der Waals surface area contributed by atoms with E-state index >= 15 is 0 Å². The molecule has 0 radical (unpaired) electrons. The van der Waals surface area contributed by atoms with E-state index in [0.29, 0.717) is 6.04 Å². The lowest BCUT2D eigenvalue weighted by atomic mass is 9.97. The molecule has 1 saturated heterocycles. The molecule has 1 rings (SSSR count). The maximum atomic E-state index is 9.28. The highest BCUT2D eigenvalue weighted by Crippen LogP contribution is 2.16. The minimum Gasteiger partial charge on any atom is -0.381 e. The first-order valence-corrected chi connectivity index (χ1v) is 7.55. The van der Waals surface area contributed by atoms with Crippen molar-refractivity contribution in [1.82, 2.24) is 10.2 Å². The molecule has 1 heterocycles. The molecule has 4 heteroatoms. The predicted molar refractivity (Wildman–Crippen MR) is 78.0 cm³/mol. The van der Waals surface area contributed by atoms with Gasteiger partial charge in [-0.15, -0.1) is 0 Å². The molecule has 0 aromatic heterocycles. The van der Waals surface area contributed by atoms with Crippen molar-refractivity contribution in [2.24, 2.45) is 0 Å². The Hall–Kier alpha value is -0.630. The van der Waals surface area contributed by atoms with Gasteiger partial charge in [-0.2, -0.15) is 5.26 Å². The fraction of sp³-hybridized carbons (Fsp3) is 0.933. The molecule has 1 atom stereocenters. The third-order valence-corrected chi connectivity index (χ3v) is 4.01. The zero-order chi connectivity index (χ0) is 14.1. The summed E-state index contributed by atoms with van der Waals surface area (Å²) in [7, 11) is 2.19. The van der Waals surface area contributed by atoms with Crippen LogP contribution in [0.2, 0.25) is 0 Å². The first-order valence-electron chi connectivity index (χ1n) is 7.55. The minimum atomic E-state index is -0.369. The van der Waals surface area contributed by atoms with Gasteiger partial charge in [-0.25, -0.2) is 0 Å². The van der Waals surface area contributed by atoms with Gasteiger partial charge in [-0.05, 0) is 59.2 Å². The van der Waals surface area contributed by atoms with Crippen molar-refractivity contribution < 1.29 is 4.74 Å². The van der Waals surface area contributed by atoms with Gasteiger partial charge in [-0.1, -0.05) is 6.92 Å². The van der Waals surface area contributed by atoms with E-state index in [4.69, 9.17) is 4.74 Å². The van der Waals surface area contributed by atoms with Crippen molar-refractivity contribution in [3.8, 4) is 6.07 Å². The Bertz CT molecular complexity index is 284. The normalized spacial score (nSPS) is 20.2. The molecule has 1 unspecified atom stereocenters. The van der Waals surface area contributed by atoms with Crippen LogP contribution in [0.3, 0.4) is 0 Å². The molecule has 110 valence electrons. The Labute approximate surface area is 118 Å². The summed E-state index contributed by atoms with van der Waals surface area (Å²) < 4.78 is 5.39. The monoisotopic (exact) mass is 267 g/mol. The van der Waals surface area contributed by atoms with Crippen molar-refractivity contribution in [3.63, 3.8) is 0 Å². The van der Waals surface area contributed by atoms with Crippen LogP contribution in [0.4, 0.5) is 0 Å². The Morgan fingerprint density at radius 1 is 1.42 bits per heavy atom. The quantitative estimate of drug-likeness (QED) is 0.732. The minimum absolute atomic E-state index is 0.369. The SMILES string of the molecule is CCCNC(C)(C#N)CCCN(C)C1CCOCC1. The second-order valence-electron chi connectivity index (χ2n) is 5.80. The fourth-order valence-electron chi connectivity index (χ4n) is 2.58. The van der Waals surface area contributed by atoms with Crippen LogP contribution >= 0.6 is 0 Å². The summed E-state index contributed by atoms with van der Waals surface area (Å²) in [5.74, 6) is 0. The zero-order valence-corrected chi connectivity index (χ0v) is 12.7. The van der Waals surface area contributed by atoms with Crippen LogP contribution in [-0.2, 0) is 4.74 Å². The standard InChI is InChI=1S/C15H29N3O/c1-4-9-17-15(2,13-16)8-5-10-18(3)14-6-11-19-12-7-14/h14,17H,4-12H2,1-3H3. The topological polar surface area (TPSA) is 48.3 Å². The average Bonchev–Trinajstić information content (AvgIpc) is 2.46. The van der Waals surface area contributed by atoms with Gasteiger partial charge in [0.1, 0.15) is 5.54 Å². The highest BCUT2D eigenvalue weighted by molar-refractivity contribution is 5.03. The molecular formula is C15H29N3O. The van der Waals surface area contributed by atoms with E-state index in [9.17, 15) is 5.26 Å². The Balaban J connectivity index is 2.25. The predicted octanol–water partition coefficient (Wildman–Crippen LogP) is 2.16. The largest absolute Gasteiger partial charge is 0.381 e. The van der Waals surface area contributed by atoms with Gasteiger partial charge < -0.3 is 9.64 Å². The summed E-state index contributed by atoms with van der Waals surface area (Å²) in [5, 5.41) is 12.6. The van der Waals surface area contributed by atoms with Crippen molar-refractivity contribution in [2.45, 2.75) is 57.5 Å². The number of nitrogens with one attached hydrogen (secondary N) is 1. The van der Waals surface area contributed by atoms with Crippen LogP contribution in [0.1, 0.15) is 46.0 Å². The Morgan fingerprint density at radius 2 is 2.11 bits per heavy atom. The van der Waals surface area contributed by atoms with Crippen molar-refractivity contribution >= 4 is 0 Å². The number of hydrogen-bond donors (Lipinski definition) is 1. The number of nitriles is 1. The van der Waals surface area contributed by atoms with Crippen LogP contribution < -0.4 is 5.32 Å². The van der Waals surface area contributed by atoms with Crippen LogP contribution in [0, 0.1) is 11.3 Å². The van der Waals surface area contributed by atoms with Gasteiger partial charge >= 0.3 is 0 Å². The third-order valence-electron chi connectivity index (χ3n) is 4.01. The summed E-state index contributed by atoms with van der Waals surface area (Å²) in [5.41, 5.74) is -0.369. The molecule has 0 aliphatic carbocycles. The highest BCUT2D eigenvalue weighted by Gasteiger charge is 2.23. The molecule has 1 N–H and O–H groups in total. The lowest BCUT2D eigenvalue weighted by molar-refractivity contribution is 0.0422. The maximum absolute atomic E-state index is 9.28. The maximum Gasteiger partial charge on any atom is 0.103 e. The Morgan fingerprint density at radius 3 is 2.68 bits per heavy atom. The second-order valence-corrected chi connectivity index (χ2v) is 5.80. The third kappa shape index (κ3) is 5.90. The number of ether oxygens (including phenoxy) is 1. The smallest absolute Gasteiger partial charge is 0.103 e. The van der Waals surface area contributed by atoms with Gasteiger partial charge in [0, 0.05) is 19.3 Å². The van der Waals surface area contributed by atoms with Gasteiger partial charge in [-0.3, -0.25) is 5.32 Å². The molecule has 0 aromatic rings. The van der Waals surface area contributed by atoms with Crippen LogP contribution in [0.5, 0.6) is 0 Å². The number of nitrogens with zero attached hydrogens (tertiary/aromatic N) is 2. The zero-order valence-electron chi connectivity index (χ0n) is 12.7. The Kier molecular flexibility index (Phi) is 7.37. The van der Waals surface area contributed by atoms with Crippen molar-refractivity contribution in [1.29, 1.82) is 5.26 Å². The molecule has 4 nitrogen and oxygen atoms in total. The summed E-state index contributed by atoms with van der Waals surface area (Å²) in [4.78, 5) is 2.43. The summed E-state index contributed by atoms with van der Waals surface area (Å²) >= 11 is 0. The van der Waals surface area contributed by atoms with E-state index in [1.165, 1.54) is 0 Å². The van der Waals surface area contributed by atoms with Crippen LogP contribution in [-0.4, -0.2) is 49.8 Å². The lowest BCUT2D eigenvalue weighted by Crippen LogP contribution is -2.42. The molecule has 0 spiro atoms. The first-order chi connectivity index (χ1) is 9.11. The van der Waals surface area contributed by atoms with Gasteiger partial charge in [0.25, 0.3) is 0 Å². The highest BCUT2D eigenvalue weighted by atomic mass is 16.5. The van der Waals surface area contributed by atoms with E-state index < -0.39 is 0 Å². The van der Waals surface area contributed by atoms with Gasteiger partial charge in [0.15, 0.2) is 0 Å². The summed E-state index contributed by atoms with van der Waals surface area (Å²) in [6.45, 7) is 7.91. The van der Waals surface area contributed by atoms with Crippen LogP contribution in [0.25, 0.3) is 0 Å². The first kappa shape index (κ1) is 16.4. The average molecular weight is 267 g/mol. The second kappa shape index (κ2) is 8.52. The molecule has 1 aliphatic rings. The summed E-state index contributed by atoms with van der Waals surface area (Å²) in [6, 6.07) is 3.07. The molecule has 19 heavy (non-hydrogen) atoms. The number of rotatable bonds is 8. The molecule has 1 fully saturated rings.